The molecular formula is C15H20ClFN2O3. The van der Waals surface area contributed by atoms with Crippen molar-refractivity contribution in [3.05, 3.63) is 34.6 Å². The van der Waals surface area contributed by atoms with Crippen molar-refractivity contribution in [1.82, 2.24) is 10.2 Å². The SMILES string of the molecule is CC(C)OC(=O)CCNC(=O)N(C)Cc1c(F)cccc1Cl. The van der Waals surface area contributed by atoms with E-state index < -0.39 is 11.8 Å². The maximum Gasteiger partial charge on any atom is 0.317 e. The van der Waals surface area contributed by atoms with Gasteiger partial charge in [0.15, 0.2) is 0 Å². The molecular weight excluding hydrogens is 311 g/mol. The van der Waals surface area contributed by atoms with Crippen LogP contribution in [0, 0.1) is 5.82 Å². The van der Waals surface area contributed by atoms with E-state index in [0.717, 1.165) is 0 Å². The van der Waals surface area contributed by atoms with E-state index >= 15 is 0 Å². The Hall–Kier alpha value is -1.82. The van der Waals surface area contributed by atoms with Gasteiger partial charge in [0.25, 0.3) is 0 Å². The maximum absolute atomic E-state index is 13.6. The quantitative estimate of drug-likeness (QED) is 0.816. The Morgan fingerprint density at radius 2 is 2.09 bits per heavy atom. The molecule has 0 heterocycles. The molecule has 0 fully saturated rings. The van der Waals surface area contributed by atoms with E-state index in [-0.39, 0.29) is 42.2 Å². The fraction of sp³-hybridized carbons (Fsp3) is 0.467. The predicted octanol–water partition coefficient (Wildman–Crippen LogP) is 2.96. The lowest BCUT2D eigenvalue weighted by Crippen LogP contribution is -2.38. The standard InChI is InChI=1S/C15H20ClFN2O3/c1-10(2)22-14(20)7-8-18-15(21)19(3)9-11-12(16)5-4-6-13(11)17/h4-6,10H,7-9H2,1-3H3,(H,18,21). The minimum absolute atomic E-state index is 0.0355. The van der Waals surface area contributed by atoms with Gasteiger partial charge in [-0.05, 0) is 26.0 Å². The Morgan fingerprint density at radius 3 is 2.68 bits per heavy atom. The zero-order chi connectivity index (χ0) is 16.7. The molecule has 1 aromatic rings. The summed E-state index contributed by atoms with van der Waals surface area (Å²) >= 11 is 5.91. The number of rotatable bonds is 6. The van der Waals surface area contributed by atoms with Gasteiger partial charge < -0.3 is 15.0 Å². The van der Waals surface area contributed by atoms with E-state index in [1.54, 1.807) is 19.9 Å². The van der Waals surface area contributed by atoms with Gasteiger partial charge in [0.2, 0.25) is 0 Å². The van der Waals surface area contributed by atoms with Gasteiger partial charge in [0.1, 0.15) is 5.82 Å². The van der Waals surface area contributed by atoms with Crippen molar-refractivity contribution in [2.45, 2.75) is 32.9 Å². The van der Waals surface area contributed by atoms with Crippen LogP contribution in [0.5, 0.6) is 0 Å². The monoisotopic (exact) mass is 330 g/mol. The van der Waals surface area contributed by atoms with E-state index in [1.165, 1.54) is 24.1 Å². The number of benzene rings is 1. The third-order valence-electron chi connectivity index (χ3n) is 2.78. The molecule has 122 valence electrons. The molecule has 2 amide bonds. The summed E-state index contributed by atoms with van der Waals surface area (Å²) in [5.41, 5.74) is 0.251. The Kier molecular flexibility index (Phi) is 7.11. The zero-order valence-corrected chi connectivity index (χ0v) is 13.6. The first kappa shape index (κ1) is 18.2. The minimum Gasteiger partial charge on any atom is -0.463 e. The van der Waals surface area contributed by atoms with Crippen LogP contribution < -0.4 is 5.32 Å². The maximum atomic E-state index is 13.6. The van der Waals surface area contributed by atoms with Gasteiger partial charge in [-0.3, -0.25) is 4.79 Å². The molecule has 0 aliphatic carbocycles. The Morgan fingerprint density at radius 1 is 1.41 bits per heavy atom. The lowest BCUT2D eigenvalue weighted by atomic mass is 10.2. The number of amides is 2. The van der Waals surface area contributed by atoms with Gasteiger partial charge in [-0.2, -0.15) is 0 Å². The van der Waals surface area contributed by atoms with Crippen LogP contribution in [0.25, 0.3) is 0 Å². The summed E-state index contributed by atoms with van der Waals surface area (Å²) in [6.45, 7) is 3.69. The molecule has 7 heteroatoms. The number of halogens is 2. The molecule has 0 unspecified atom stereocenters. The van der Waals surface area contributed by atoms with Crippen LogP contribution >= 0.6 is 11.6 Å². The second-order valence-corrected chi connectivity index (χ2v) is 5.48. The van der Waals surface area contributed by atoms with E-state index in [4.69, 9.17) is 16.3 Å². The normalized spacial score (nSPS) is 10.5. The van der Waals surface area contributed by atoms with Gasteiger partial charge in [-0.15, -0.1) is 0 Å². The molecule has 0 saturated heterocycles. The third-order valence-corrected chi connectivity index (χ3v) is 3.13. The Labute approximate surface area is 134 Å². The Bertz CT molecular complexity index is 517. The predicted molar refractivity (Wildman–Crippen MR) is 82.1 cm³/mol. The van der Waals surface area contributed by atoms with Crippen molar-refractivity contribution >= 4 is 23.6 Å². The smallest absolute Gasteiger partial charge is 0.317 e. The summed E-state index contributed by atoms with van der Waals surface area (Å²) < 4.78 is 18.6. The van der Waals surface area contributed by atoms with Crippen LogP contribution in [-0.4, -0.2) is 36.6 Å². The molecule has 0 aliphatic heterocycles. The van der Waals surface area contributed by atoms with Crippen LogP contribution in [0.4, 0.5) is 9.18 Å². The second-order valence-electron chi connectivity index (χ2n) is 5.08. The number of esters is 1. The average molecular weight is 331 g/mol. The van der Waals surface area contributed by atoms with E-state index in [0.29, 0.717) is 0 Å². The molecule has 0 aromatic heterocycles. The van der Waals surface area contributed by atoms with E-state index in [2.05, 4.69) is 5.32 Å². The van der Waals surface area contributed by atoms with E-state index in [9.17, 15) is 14.0 Å². The highest BCUT2D eigenvalue weighted by Crippen LogP contribution is 2.20. The fourth-order valence-corrected chi connectivity index (χ4v) is 1.94. The second kappa shape index (κ2) is 8.58. The highest BCUT2D eigenvalue weighted by molar-refractivity contribution is 6.31. The molecule has 0 radical (unpaired) electrons. The summed E-state index contributed by atoms with van der Waals surface area (Å²) in [5.74, 6) is -0.845. The first-order chi connectivity index (χ1) is 10.3. The van der Waals surface area contributed by atoms with Crippen LogP contribution in [-0.2, 0) is 16.1 Å². The number of nitrogens with one attached hydrogen (secondary N) is 1. The van der Waals surface area contributed by atoms with Gasteiger partial charge in [-0.25, -0.2) is 9.18 Å². The molecule has 0 bridgehead atoms. The van der Waals surface area contributed by atoms with Crippen molar-refractivity contribution in [1.29, 1.82) is 0 Å². The number of hydrogen-bond acceptors (Lipinski definition) is 3. The highest BCUT2D eigenvalue weighted by Gasteiger charge is 2.14. The van der Waals surface area contributed by atoms with Gasteiger partial charge >= 0.3 is 12.0 Å². The molecule has 0 aliphatic rings. The molecule has 0 saturated carbocycles. The topological polar surface area (TPSA) is 58.6 Å². The Balaban J connectivity index is 2.44. The van der Waals surface area contributed by atoms with Crippen molar-refractivity contribution in [3.8, 4) is 0 Å². The molecule has 1 rings (SSSR count). The number of carbonyl (C=O) groups is 2. The molecule has 0 atom stereocenters. The van der Waals surface area contributed by atoms with Gasteiger partial charge in [0.05, 0.1) is 19.1 Å². The minimum atomic E-state index is -0.465. The molecule has 22 heavy (non-hydrogen) atoms. The van der Waals surface area contributed by atoms with E-state index in [1.807, 2.05) is 0 Å². The third kappa shape index (κ3) is 5.89. The molecule has 1 aromatic carbocycles. The lowest BCUT2D eigenvalue weighted by Gasteiger charge is -2.19. The highest BCUT2D eigenvalue weighted by atomic mass is 35.5. The number of hydrogen-bond donors (Lipinski definition) is 1. The molecule has 5 nitrogen and oxygen atoms in total. The van der Waals surface area contributed by atoms with Gasteiger partial charge in [0, 0.05) is 24.2 Å². The first-order valence-electron chi connectivity index (χ1n) is 6.92. The van der Waals surface area contributed by atoms with Crippen molar-refractivity contribution in [2.75, 3.05) is 13.6 Å². The van der Waals surface area contributed by atoms with Crippen LogP contribution in [0.2, 0.25) is 5.02 Å². The summed E-state index contributed by atoms with van der Waals surface area (Å²) in [6.07, 6.45) is -0.104. The average Bonchev–Trinajstić information content (AvgIpc) is 2.41. The van der Waals surface area contributed by atoms with Crippen LogP contribution in [0.3, 0.4) is 0 Å². The van der Waals surface area contributed by atoms with Crippen molar-refractivity contribution in [2.24, 2.45) is 0 Å². The van der Waals surface area contributed by atoms with Gasteiger partial charge in [-0.1, -0.05) is 17.7 Å². The zero-order valence-electron chi connectivity index (χ0n) is 12.9. The van der Waals surface area contributed by atoms with Crippen LogP contribution in [0.1, 0.15) is 25.8 Å². The number of ether oxygens (including phenoxy) is 1. The summed E-state index contributed by atoms with van der Waals surface area (Å²) in [5, 5.41) is 2.83. The summed E-state index contributed by atoms with van der Waals surface area (Å²) in [6, 6.07) is 3.93. The summed E-state index contributed by atoms with van der Waals surface area (Å²) in [4.78, 5) is 24.5. The largest absolute Gasteiger partial charge is 0.463 e. The molecule has 1 N–H and O–H groups in total. The molecule has 0 spiro atoms. The number of nitrogens with zero attached hydrogens (tertiary/aromatic N) is 1. The first-order valence-corrected chi connectivity index (χ1v) is 7.30. The summed E-state index contributed by atoms with van der Waals surface area (Å²) in [7, 11) is 1.52. The number of urea groups is 1. The lowest BCUT2D eigenvalue weighted by molar-refractivity contribution is -0.147. The van der Waals surface area contributed by atoms with Crippen molar-refractivity contribution < 1.29 is 18.7 Å². The van der Waals surface area contributed by atoms with Crippen LogP contribution in [0.15, 0.2) is 18.2 Å². The number of carbonyl (C=O) groups excluding carboxylic acids is 2. The van der Waals surface area contributed by atoms with Crippen molar-refractivity contribution in [3.63, 3.8) is 0 Å². The fourth-order valence-electron chi connectivity index (χ4n) is 1.72.